The number of rotatable bonds is 9. The van der Waals surface area contributed by atoms with Gasteiger partial charge in [0.2, 0.25) is 0 Å². The Balaban J connectivity index is 2.67. The molecular formula is C17H23N3O2. The Kier molecular flexibility index (Phi) is 7.61. The van der Waals surface area contributed by atoms with E-state index in [9.17, 15) is 4.79 Å². The van der Waals surface area contributed by atoms with Crippen LogP contribution in [0.3, 0.4) is 0 Å². The number of carbonyl (C=O) groups is 1. The highest BCUT2D eigenvalue weighted by atomic mass is 16.4. The summed E-state index contributed by atoms with van der Waals surface area (Å²) in [6, 6.07) is 1.97. The third-order valence-electron chi connectivity index (χ3n) is 3.03. The van der Waals surface area contributed by atoms with E-state index in [-0.39, 0.29) is 6.42 Å². The van der Waals surface area contributed by atoms with Crippen LogP contribution >= 0.6 is 0 Å². The fourth-order valence-electron chi connectivity index (χ4n) is 1.94. The summed E-state index contributed by atoms with van der Waals surface area (Å²) >= 11 is 0. The number of aromatic nitrogens is 2. The molecule has 0 saturated heterocycles. The summed E-state index contributed by atoms with van der Waals surface area (Å²) in [6.07, 6.45) is 9.16. The molecule has 0 fully saturated rings. The van der Waals surface area contributed by atoms with E-state index in [4.69, 9.17) is 5.11 Å². The first kappa shape index (κ1) is 17.6. The minimum atomic E-state index is -0.758. The predicted octanol–water partition coefficient (Wildman–Crippen LogP) is 3.60. The number of hydrogen-bond acceptors (Lipinski definition) is 4. The molecule has 0 saturated carbocycles. The molecule has 5 nitrogen and oxygen atoms in total. The molecule has 0 amide bonds. The molecule has 1 aromatic heterocycles. The van der Waals surface area contributed by atoms with Gasteiger partial charge in [-0.15, -0.1) is 10.2 Å². The van der Waals surface area contributed by atoms with Crippen LogP contribution in [0.4, 0.5) is 5.82 Å². The molecule has 0 radical (unpaired) electrons. The van der Waals surface area contributed by atoms with Crippen LogP contribution in [0.5, 0.6) is 0 Å². The van der Waals surface area contributed by atoms with Crippen molar-refractivity contribution in [1.29, 1.82) is 0 Å². The fourth-order valence-corrected chi connectivity index (χ4v) is 1.94. The Bertz CT molecular complexity index is 577. The molecule has 5 heteroatoms. The molecule has 0 unspecified atom stereocenters. The lowest BCUT2D eigenvalue weighted by Crippen LogP contribution is -2.07. The number of aryl methyl sites for hydroxylation is 1. The van der Waals surface area contributed by atoms with Gasteiger partial charge >= 0.3 is 5.97 Å². The minimum Gasteiger partial charge on any atom is -0.481 e. The summed E-state index contributed by atoms with van der Waals surface area (Å²) in [7, 11) is 0. The first-order chi connectivity index (χ1) is 10.6. The van der Waals surface area contributed by atoms with Crippen molar-refractivity contribution < 1.29 is 9.90 Å². The van der Waals surface area contributed by atoms with E-state index in [0.717, 1.165) is 29.1 Å². The van der Waals surface area contributed by atoms with Gasteiger partial charge < -0.3 is 10.4 Å². The SMILES string of the molecule is C=C/C=C(\C=C/C)c1cc(C)c(NCCCCC(=O)O)nn1. The molecule has 22 heavy (non-hydrogen) atoms. The summed E-state index contributed by atoms with van der Waals surface area (Å²) in [6.45, 7) is 8.31. The van der Waals surface area contributed by atoms with Gasteiger partial charge in [0.05, 0.1) is 5.69 Å². The second-order valence-corrected chi connectivity index (χ2v) is 4.90. The summed E-state index contributed by atoms with van der Waals surface area (Å²) in [5.74, 6) is -0.0247. The average molecular weight is 301 g/mol. The minimum absolute atomic E-state index is 0.199. The second-order valence-electron chi connectivity index (χ2n) is 4.90. The van der Waals surface area contributed by atoms with Crippen LogP contribution in [0, 0.1) is 6.92 Å². The van der Waals surface area contributed by atoms with Crippen molar-refractivity contribution in [3.05, 3.63) is 48.2 Å². The molecule has 0 aliphatic heterocycles. The standard InChI is InChI=1S/C17H23N3O2/c1-4-8-14(9-5-2)15-12-13(3)17(20-19-15)18-11-7-6-10-16(21)22/h4-5,8-9,12H,1,6-7,10-11H2,2-3H3,(H,18,20)(H,21,22)/b9-5-,14-8+. The smallest absolute Gasteiger partial charge is 0.303 e. The zero-order valence-corrected chi connectivity index (χ0v) is 13.2. The maximum atomic E-state index is 10.4. The monoisotopic (exact) mass is 301 g/mol. The average Bonchev–Trinajstić information content (AvgIpc) is 2.48. The zero-order chi connectivity index (χ0) is 16.4. The number of aliphatic carboxylic acids is 1. The molecular weight excluding hydrogens is 278 g/mol. The van der Waals surface area contributed by atoms with Crippen molar-refractivity contribution in [2.45, 2.75) is 33.1 Å². The number of hydrogen-bond donors (Lipinski definition) is 2. The maximum absolute atomic E-state index is 10.4. The number of nitrogens with one attached hydrogen (secondary N) is 1. The Hall–Kier alpha value is -2.43. The number of allylic oxidation sites excluding steroid dienone is 5. The molecule has 1 heterocycles. The summed E-state index contributed by atoms with van der Waals surface area (Å²) in [4.78, 5) is 10.4. The molecule has 118 valence electrons. The first-order valence-electron chi connectivity index (χ1n) is 7.34. The third kappa shape index (κ3) is 5.91. The highest BCUT2D eigenvalue weighted by molar-refractivity contribution is 5.73. The number of nitrogens with zero attached hydrogens (tertiary/aromatic N) is 2. The predicted molar refractivity (Wildman–Crippen MR) is 89.7 cm³/mol. The van der Waals surface area contributed by atoms with Crippen molar-refractivity contribution in [2.24, 2.45) is 0 Å². The second kappa shape index (κ2) is 9.50. The lowest BCUT2D eigenvalue weighted by Gasteiger charge is -2.09. The van der Waals surface area contributed by atoms with Crippen LogP contribution in [-0.2, 0) is 4.79 Å². The van der Waals surface area contributed by atoms with Crippen LogP contribution in [-0.4, -0.2) is 27.8 Å². The van der Waals surface area contributed by atoms with Crippen LogP contribution in [0.15, 0.2) is 36.9 Å². The van der Waals surface area contributed by atoms with Crippen LogP contribution in [0.2, 0.25) is 0 Å². The van der Waals surface area contributed by atoms with Gasteiger partial charge in [0.15, 0.2) is 5.82 Å². The molecule has 0 spiro atoms. The lowest BCUT2D eigenvalue weighted by atomic mass is 10.1. The summed E-state index contributed by atoms with van der Waals surface area (Å²) in [5.41, 5.74) is 2.76. The van der Waals surface area contributed by atoms with Crippen molar-refractivity contribution in [3.8, 4) is 0 Å². The van der Waals surface area contributed by atoms with Gasteiger partial charge in [-0.25, -0.2) is 0 Å². The van der Waals surface area contributed by atoms with Gasteiger partial charge in [0, 0.05) is 18.5 Å². The van der Waals surface area contributed by atoms with E-state index in [1.165, 1.54) is 0 Å². The molecule has 1 aromatic rings. The van der Waals surface area contributed by atoms with E-state index >= 15 is 0 Å². The van der Waals surface area contributed by atoms with Gasteiger partial charge in [-0.1, -0.05) is 30.9 Å². The van der Waals surface area contributed by atoms with Crippen molar-refractivity contribution >= 4 is 17.4 Å². The number of anilines is 1. The summed E-state index contributed by atoms with van der Waals surface area (Å²) < 4.78 is 0. The van der Waals surface area contributed by atoms with E-state index < -0.39 is 5.97 Å². The molecule has 0 aliphatic rings. The topological polar surface area (TPSA) is 75.1 Å². The lowest BCUT2D eigenvalue weighted by molar-refractivity contribution is -0.137. The van der Waals surface area contributed by atoms with Gasteiger partial charge in [0.1, 0.15) is 0 Å². The highest BCUT2D eigenvalue weighted by Crippen LogP contribution is 2.18. The molecule has 0 aliphatic carbocycles. The van der Waals surface area contributed by atoms with Gasteiger partial charge in [-0.05, 0) is 38.3 Å². The fraction of sp³-hybridized carbons (Fsp3) is 0.353. The quantitative estimate of drug-likeness (QED) is 0.538. The normalized spacial score (nSPS) is 11.6. The highest BCUT2D eigenvalue weighted by Gasteiger charge is 2.05. The number of carboxylic acid groups (broad SMARTS) is 1. The molecule has 2 N–H and O–H groups in total. The first-order valence-corrected chi connectivity index (χ1v) is 7.34. The van der Waals surface area contributed by atoms with Gasteiger partial charge in [-0.2, -0.15) is 0 Å². The zero-order valence-electron chi connectivity index (χ0n) is 13.2. The van der Waals surface area contributed by atoms with Crippen LogP contribution in [0.1, 0.15) is 37.4 Å². The Morgan fingerprint density at radius 3 is 2.77 bits per heavy atom. The van der Waals surface area contributed by atoms with E-state index in [1.807, 2.05) is 38.1 Å². The third-order valence-corrected chi connectivity index (χ3v) is 3.03. The van der Waals surface area contributed by atoms with Crippen LogP contribution in [0.25, 0.3) is 5.57 Å². The Morgan fingerprint density at radius 1 is 1.41 bits per heavy atom. The van der Waals surface area contributed by atoms with E-state index in [0.29, 0.717) is 13.0 Å². The van der Waals surface area contributed by atoms with Crippen molar-refractivity contribution in [1.82, 2.24) is 10.2 Å². The number of carboxylic acids is 1. The van der Waals surface area contributed by atoms with Gasteiger partial charge in [0.25, 0.3) is 0 Å². The van der Waals surface area contributed by atoms with Crippen LogP contribution < -0.4 is 5.32 Å². The van der Waals surface area contributed by atoms with Crippen molar-refractivity contribution in [3.63, 3.8) is 0 Å². The van der Waals surface area contributed by atoms with E-state index in [2.05, 4.69) is 22.1 Å². The molecule has 0 aromatic carbocycles. The van der Waals surface area contributed by atoms with Crippen molar-refractivity contribution in [2.75, 3.05) is 11.9 Å². The van der Waals surface area contributed by atoms with Gasteiger partial charge in [-0.3, -0.25) is 4.79 Å². The maximum Gasteiger partial charge on any atom is 0.303 e. The summed E-state index contributed by atoms with van der Waals surface area (Å²) in [5, 5.41) is 20.2. The Morgan fingerprint density at radius 2 is 2.18 bits per heavy atom. The largest absolute Gasteiger partial charge is 0.481 e. The number of unbranched alkanes of at least 4 members (excludes halogenated alkanes) is 1. The Labute approximate surface area is 131 Å². The van der Waals surface area contributed by atoms with E-state index in [1.54, 1.807) is 6.08 Å². The molecule has 0 bridgehead atoms. The molecule has 1 rings (SSSR count). The molecule has 0 atom stereocenters.